The number of pyridine rings is 1. The molecule has 0 saturated heterocycles. The van der Waals surface area contributed by atoms with Crippen molar-refractivity contribution in [2.45, 2.75) is 0 Å². The molecule has 2 aliphatic rings. The van der Waals surface area contributed by atoms with Crippen molar-refractivity contribution in [1.29, 1.82) is 0 Å². The monoisotopic (exact) mass is 451 g/mol. The van der Waals surface area contributed by atoms with Gasteiger partial charge in [-0.15, -0.1) is 11.3 Å². The Balaban J connectivity index is 1.47. The highest BCUT2D eigenvalue weighted by atomic mass is 32.1. The van der Waals surface area contributed by atoms with Crippen LogP contribution in [0.25, 0.3) is 31.4 Å². The first-order valence-corrected chi connectivity index (χ1v) is 12.3. The van der Waals surface area contributed by atoms with Gasteiger partial charge in [-0.3, -0.25) is 4.98 Å². The lowest BCUT2D eigenvalue weighted by atomic mass is 9.60. The SMILES string of the molecule is c1ccc2c(c1)B1N(c3ccccc3N1c1cccc3c1sc1ccccc13)c1cccnc1-2. The van der Waals surface area contributed by atoms with Gasteiger partial charge in [0, 0.05) is 32.9 Å². The fourth-order valence-corrected chi connectivity index (χ4v) is 6.92. The van der Waals surface area contributed by atoms with Gasteiger partial charge in [-0.2, -0.15) is 0 Å². The maximum atomic E-state index is 4.81. The van der Waals surface area contributed by atoms with Crippen molar-refractivity contribution in [2.24, 2.45) is 0 Å². The molecular weight excluding hydrogens is 433 g/mol. The van der Waals surface area contributed by atoms with Gasteiger partial charge in [0.2, 0.25) is 0 Å². The number of aromatic nitrogens is 1. The van der Waals surface area contributed by atoms with E-state index in [0.717, 1.165) is 11.4 Å². The average Bonchev–Trinajstić information content (AvgIpc) is 3.45. The number of hydrogen-bond acceptors (Lipinski definition) is 4. The van der Waals surface area contributed by atoms with Crippen LogP contribution in [0.4, 0.5) is 22.7 Å². The second kappa shape index (κ2) is 6.72. The minimum atomic E-state index is 0.0288. The first-order chi connectivity index (χ1) is 16.9. The third-order valence-electron chi connectivity index (χ3n) is 7.07. The highest BCUT2D eigenvalue weighted by molar-refractivity contribution is 7.26. The van der Waals surface area contributed by atoms with Crippen LogP contribution in [0.15, 0.2) is 109 Å². The highest BCUT2D eigenvalue weighted by Crippen LogP contribution is 2.52. The van der Waals surface area contributed by atoms with E-state index in [9.17, 15) is 0 Å². The van der Waals surface area contributed by atoms with Gasteiger partial charge in [0.05, 0.1) is 27.5 Å². The summed E-state index contributed by atoms with van der Waals surface area (Å²) in [6.45, 7) is 0.0288. The number of benzene rings is 4. The van der Waals surface area contributed by atoms with Crippen LogP contribution in [0.2, 0.25) is 0 Å². The predicted octanol–water partition coefficient (Wildman–Crippen LogP) is 7.12. The quantitative estimate of drug-likeness (QED) is 0.248. The van der Waals surface area contributed by atoms with Gasteiger partial charge in [0.15, 0.2) is 0 Å². The molecule has 4 heterocycles. The van der Waals surface area contributed by atoms with E-state index < -0.39 is 0 Å². The second-order valence-electron chi connectivity index (χ2n) is 8.81. The maximum absolute atomic E-state index is 4.81. The lowest BCUT2D eigenvalue weighted by Gasteiger charge is -2.35. The van der Waals surface area contributed by atoms with Gasteiger partial charge in [0.1, 0.15) is 0 Å². The zero-order valence-electron chi connectivity index (χ0n) is 18.2. The Bertz CT molecular complexity index is 1760. The number of para-hydroxylation sites is 2. The molecule has 0 radical (unpaired) electrons. The Morgan fingerprint density at radius 1 is 0.588 bits per heavy atom. The highest BCUT2D eigenvalue weighted by Gasteiger charge is 2.48. The van der Waals surface area contributed by atoms with Crippen LogP contribution in [-0.2, 0) is 0 Å². The van der Waals surface area contributed by atoms with Crippen molar-refractivity contribution >= 4 is 66.7 Å². The Hall–Kier alpha value is -4.09. The smallest absolute Gasteiger partial charge is 0.359 e. The van der Waals surface area contributed by atoms with Crippen LogP contribution < -0.4 is 15.1 Å². The predicted molar refractivity (Wildman–Crippen MR) is 145 cm³/mol. The zero-order valence-corrected chi connectivity index (χ0v) is 19.0. The third kappa shape index (κ3) is 2.29. The van der Waals surface area contributed by atoms with E-state index in [1.165, 1.54) is 48.3 Å². The normalized spacial score (nSPS) is 13.7. The Kier molecular flexibility index (Phi) is 3.63. The van der Waals surface area contributed by atoms with E-state index in [4.69, 9.17) is 4.98 Å². The molecule has 2 aliphatic heterocycles. The molecule has 2 aromatic heterocycles. The van der Waals surface area contributed by atoms with E-state index in [2.05, 4.69) is 107 Å². The molecule has 3 nitrogen and oxygen atoms in total. The summed E-state index contributed by atoms with van der Waals surface area (Å²) >= 11 is 1.88. The molecule has 34 heavy (non-hydrogen) atoms. The van der Waals surface area contributed by atoms with Gasteiger partial charge in [-0.1, -0.05) is 66.7 Å². The van der Waals surface area contributed by atoms with Crippen molar-refractivity contribution < 1.29 is 0 Å². The van der Waals surface area contributed by atoms with Crippen molar-refractivity contribution in [3.63, 3.8) is 0 Å². The van der Waals surface area contributed by atoms with Crippen molar-refractivity contribution in [1.82, 2.24) is 4.98 Å². The first kappa shape index (κ1) is 18.4. The number of anilines is 4. The summed E-state index contributed by atoms with van der Waals surface area (Å²) in [6.07, 6.45) is 1.90. The molecular formula is C29H18BN3S. The molecule has 0 saturated carbocycles. The molecule has 158 valence electrons. The zero-order chi connectivity index (χ0) is 22.2. The Labute approximate surface area is 201 Å². The summed E-state index contributed by atoms with van der Waals surface area (Å²) in [5.41, 5.74) is 8.39. The molecule has 8 rings (SSSR count). The van der Waals surface area contributed by atoms with Crippen molar-refractivity contribution in [2.75, 3.05) is 9.62 Å². The lowest BCUT2D eigenvalue weighted by molar-refractivity contribution is 1.27. The van der Waals surface area contributed by atoms with Crippen molar-refractivity contribution in [3.05, 3.63) is 109 Å². The van der Waals surface area contributed by atoms with E-state index in [1.807, 2.05) is 23.6 Å². The largest absolute Gasteiger partial charge is 0.421 e. The third-order valence-corrected chi connectivity index (χ3v) is 8.28. The molecule has 0 spiro atoms. The van der Waals surface area contributed by atoms with Crippen molar-refractivity contribution in [3.8, 4) is 11.3 Å². The molecule has 0 N–H and O–H groups in total. The molecule has 5 heteroatoms. The lowest BCUT2D eigenvalue weighted by Crippen LogP contribution is -2.55. The Morgan fingerprint density at radius 3 is 2.18 bits per heavy atom. The Morgan fingerprint density at radius 2 is 1.26 bits per heavy atom. The number of rotatable bonds is 1. The molecule has 0 bridgehead atoms. The summed E-state index contributed by atoms with van der Waals surface area (Å²) < 4.78 is 2.66. The molecule has 0 fully saturated rings. The van der Waals surface area contributed by atoms with Gasteiger partial charge >= 0.3 is 6.98 Å². The van der Waals surface area contributed by atoms with Crippen LogP contribution in [0, 0.1) is 0 Å². The molecule has 0 atom stereocenters. The molecule has 4 aromatic carbocycles. The number of fused-ring (bicyclic) bond motifs is 11. The summed E-state index contributed by atoms with van der Waals surface area (Å²) in [7, 11) is 0. The summed E-state index contributed by atoms with van der Waals surface area (Å²) in [5.74, 6) is 0. The fourth-order valence-electron chi connectivity index (χ4n) is 5.71. The second-order valence-corrected chi connectivity index (χ2v) is 9.87. The summed E-state index contributed by atoms with van der Waals surface area (Å²) in [6, 6.07) is 37.2. The standard InChI is InChI=1S/C29H18BN3S/c1-3-12-22-21(10-1)28-25(16-8-18-31-28)32-23-13-4-5-14-24(23)33(30(22)32)26-15-7-11-20-19-9-2-6-17-27(19)34-29(20)26/h1-18H. The van der Waals surface area contributed by atoms with E-state index in [0.29, 0.717) is 0 Å². The van der Waals surface area contributed by atoms with Crippen LogP contribution >= 0.6 is 11.3 Å². The molecule has 6 aromatic rings. The van der Waals surface area contributed by atoms with E-state index >= 15 is 0 Å². The van der Waals surface area contributed by atoms with Crippen LogP contribution in [0.5, 0.6) is 0 Å². The van der Waals surface area contributed by atoms with Crippen LogP contribution in [-0.4, -0.2) is 12.0 Å². The molecule has 0 aliphatic carbocycles. The van der Waals surface area contributed by atoms with Crippen LogP contribution in [0.1, 0.15) is 0 Å². The fraction of sp³-hybridized carbons (Fsp3) is 0. The number of hydrogen-bond donors (Lipinski definition) is 0. The summed E-state index contributed by atoms with van der Waals surface area (Å²) in [4.78, 5) is 9.81. The number of nitrogens with zero attached hydrogens (tertiary/aromatic N) is 3. The molecule has 0 unspecified atom stereocenters. The topological polar surface area (TPSA) is 19.4 Å². The minimum Gasteiger partial charge on any atom is -0.359 e. The van der Waals surface area contributed by atoms with Crippen LogP contribution in [0.3, 0.4) is 0 Å². The summed E-state index contributed by atoms with van der Waals surface area (Å²) in [5, 5.41) is 2.65. The van der Waals surface area contributed by atoms with Gasteiger partial charge in [0.25, 0.3) is 0 Å². The number of thiophene rings is 1. The van der Waals surface area contributed by atoms with E-state index in [1.54, 1.807) is 0 Å². The first-order valence-electron chi connectivity index (χ1n) is 11.5. The molecule has 0 amide bonds. The van der Waals surface area contributed by atoms with Gasteiger partial charge in [-0.25, -0.2) is 0 Å². The van der Waals surface area contributed by atoms with Gasteiger partial charge < -0.3 is 9.62 Å². The maximum Gasteiger partial charge on any atom is 0.421 e. The minimum absolute atomic E-state index is 0.0288. The van der Waals surface area contributed by atoms with E-state index in [-0.39, 0.29) is 6.98 Å². The average molecular weight is 451 g/mol. The van der Waals surface area contributed by atoms with Gasteiger partial charge in [-0.05, 0) is 41.9 Å².